The van der Waals surface area contributed by atoms with Crippen LogP contribution in [0.2, 0.25) is 0 Å². The van der Waals surface area contributed by atoms with Crippen LogP contribution in [-0.2, 0) is 0 Å². The van der Waals surface area contributed by atoms with Crippen LogP contribution in [-0.4, -0.2) is 19.8 Å². The summed E-state index contributed by atoms with van der Waals surface area (Å²) in [6, 6.07) is 16.0. The first-order chi connectivity index (χ1) is 14.7. The summed E-state index contributed by atoms with van der Waals surface area (Å²) in [5.74, 6) is 0.248. The van der Waals surface area contributed by atoms with E-state index in [4.69, 9.17) is 12.2 Å². The van der Waals surface area contributed by atoms with Gasteiger partial charge in [-0.05, 0) is 73.1 Å². The molecule has 2 aromatic heterocycles. The van der Waals surface area contributed by atoms with E-state index in [1.54, 1.807) is 12.1 Å². The summed E-state index contributed by atoms with van der Waals surface area (Å²) in [7, 11) is 0. The number of hydrogen-bond acceptors (Lipinski definition) is 3. The quantitative estimate of drug-likeness (QED) is 0.565. The van der Waals surface area contributed by atoms with E-state index in [2.05, 4.69) is 38.2 Å². The van der Waals surface area contributed by atoms with Gasteiger partial charge in [0, 0.05) is 30.3 Å². The van der Waals surface area contributed by atoms with E-state index in [9.17, 15) is 5.11 Å². The molecular weight excluding hydrogens is 392 g/mol. The lowest BCUT2D eigenvalue weighted by atomic mass is 9.95. The minimum Gasteiger partial charge on any atom is -0.508 e. The summed E-state index contributed by atoms with van der Waals surface area (Å²) < 4.78 is 2.39. The molecule has 3 aromatic rings. The maximum atomic E-state index is 9.75. The smallest absolute Gasteiger partial charge is 0.174 e. The molecule has 0 amide bonds. The Bertz CT molecular complexity index is 1010. The molecule has 154 valence electrons. The number of anilines is 1. The first kappa shape index (κ1) is 19.1. The van der Waals surface area contributed by atoms with E-state index < -0.39 is 0 Å². The maximum absolute atomic E-state index is 9.75. The molecule has 5 nitrogen and oxygen atoms in total. The molecule has 1 saturated heterocycles. The van der Waals surface area contributed by atoms with Gasteiger partial charge in [-0.3, -0.25) is 4.98 Å². The number of thiocarbonyl (C=S) groups is 1. The Hall–Kier alpha value is -2.86. The molecule has 0 bridgehead atoms. The largest absolute Gasteiger partial charge is 0.508 e. The number of pyridine rings is 1. The Balaban J connectivity index is 1.54. The topological polar surface area (TPSA) is 53.3 Å². The number of phenols is 1. The Morgan fingerprint density at radius 1 is 1.00 bits per heavy atom. The fourth-order valence-corrected chi connectivity index (χ4v) is 5.14. The molecule has 2 N–H and O–H groups in total. The van der Waals surface area contributed by atoms with Crippen molar-refractivity contribution in [3.63, 3.8) is 0 Å². The van der Waals surface area contributed by atoms with Gasteiger partial charge in [-0.1, -0.05) is 25.3 Å². The van der Waals surface area contributed by atoms with Gasteiger partial charge in [0.1, 0.15) is 5.75 Å². The highest BCUT2D eigenvalue weighted by molar-refractivity contribution is 7.80. The standard InChI is InChI=1S/C24H26N4OS/c29-20-11-9-19(10-12-20)28-23(22(26-24(28)30)21-8-4-5-14-25-21)17-13-15-27(16-17)18-6-2-1-3-7-18/h4-5,8-16,18,22-23,29H,1-3,6-7H2,(H,26,30)/t22-,23-/m0/s1. The van der Waals surface area contributed by atoms with Crippen molar-refractivity contribution in [2.45, 2.75) is 50.2 Å². The average molecular weight is 419 g/mol. The zero-order valence-corrected chi connectivity index (χ0v) is 17.6. The van der Waals surface area contributed by atoms with Crippen molar-refractivity contribution in [3.05, 3.63) is 78.4 Å². The number of aromatic nitrogens is 2. The molecule has 6 heteroatoms. The highest BCUT2D eigenvalue weighted by atomic mass is 32.1. The molecule has 5 rings (SSSR count). The Labute approximate surface area is 182 Å². The fourth-order valence-electron chi connectivity index (χ4n) is 4.80. The highest BCUT2D eigenvalue weighted by Crippen LogP contribution is 2.42. The summed E-state index contributed by atoms with van der Waals surface area (Å²) in [6.07, 6.45) is 12.8. The minimum absolute atomic E-state index is 0.0122. The van der Waals surface area contributed by atoms with Gasteiger partial charge in [-0.25, -0.2) is 0 Å². The number of hydrogen-bond donors (Lipinski definition) is 2. The molecular formula is C24H26N4OS. The van der Waals surface area contributed by atoms with Crippen molar-refractivity contribution in [1.82, 2.24) is 14.9 Å². The number of benzene rings is 1. The Morgan fingerprint density at radius 2 is 1.80 bits per heavy atom. The number of rotatable bonds is 4. The predicted octanol–water partition coefficient (Wildman–Crippen LogP) is 5.27. The van der Waals surface area contributed by atoms with E-state index in [1.807, 2.05) is 36.5 Å². The molecule has 1 saturated carbocycles. The lowest BCUT2D eigenvalue weighted by Gasteiger charge is -2.28. The summed E-state index contributed by atoms with van der Waals surface area (Å²) in [4.78, 5) is 6.76. The van der Waals surface area contributed by atoms with Gasteiger partial charge < -0.3 is 19.9 Å². The van der Waals surface area contributed by atoms with Crippen LogP contribution in [0, 0.1) is 0 Å². The number of nitrogens with zero attached hydrogens (tertiary/aromatic N) is 3. The molecule has 2 fully saturated rings. The average Bonchev–Trinajstić information content (AvgIpc) is 3.40. The monoisotopic (exact) mass is 418 g/mol. The van der Waals surface area contributed by atoms with Crippen molar-refractivity contribution < 1.29 is 5.11 Å². The summed E-state index contributed by atoms with van der Waals surface area (Å²) in [6.45, 7) is 0. The highest BCUT2D eigenvalue weighted by Gasteiger charge is 2.41. The third-order valence-corrected chi connectivity index (χ3v) is 6.62. The molecule has 0 unspecified atom stereocenters. The van der Waals surface area contributed by atoms with Crippen LogP contribution in [0.5, 0.6) is 5.75 Å². The van der Waals surface area contributed by atoms with Gasteiger partial charge in [-0.2, -0.15) is 0 Å². The molecule has 3 heterocycles. The Kier molecular flexibility index (Phi) is 5.17. The minimum atomic E-state index is -0.0466. The van der Waals surface area contributed by atoms with Gasteiger partial charge in [-0.15, -0.1) is 0 Å². The van der Waals surface area contributed by atoms with E-state index in [1.165, 1.54) is 37.7 Å². The number of nitrogens with one attached hydrogen (secondary N) is 1. The third kappa shape index (κ3) is 3.56. The molecule has 2 aliphatic rings. The van der Waals surface area contributed by atoms with Gasteiger partial charge in [0.15, 0.2) is 5.11 Å². The van der Waals surface area contributed by atoms with Crippen LogP contribution in [0.3, 0.4) is 0 Å². The summed E-state index contributed by atoms with van der Waals surface area (Å²) >= 11 is 5.76. The molecule has 1 aromatic carbocycles. The van der Waals surface area contributed by atoms with E-state index >= 15 is 0 Å². The lowest BCUT2D eigenvalue weighted by molar-refractivity contribution is 0.353. The second-order valence-electron chi connectivity index (χ2n) is 8.20. The van der Waals surface area contributed by atoms with Crippen LogP contribution in [0.4, 0.5) is 5.69 Å². The molecule has 2 atom stereocenters. The van der Waals surface area contributed by atoms with Crippen LogP contribution >= 0.6 is 12.2 Å². The van der Waals surface area contributed by atoms with Crippen molar-refractivity contribution in [3.8, 4) is 5.75 Å². The number of aromatic hydroxyl groups is 1. The zero-order valence-electron chi connectivity index (χ0n) is 16.8. The molecule has 30 heavy (non-hydrogen) atoms. The van der Waals surface area contributed by atoms with E-state index in [0.29, 0.717) is 11.2 Å². The van der Waals surface area contributed by atoms with Crippen molar-refractivity contribution in [2.24, 2.45) is 0 Å². The van der Waals surface area contributed by atoms with Gasteiger partial charge in [0.2, 0.25) is 0 Å². The number of phenolic OH excluding ortho intramolecular Hbond substituents is 1. The second kappa shape index (κ2) is 8.11. The van der Waals surface area contributed by atoms with Crippen molar-refractivity contribution in [1.29, 1.82) is 0 Å². The molecule has 0 spiro atoms. The van der Waals surface area contributed by atoms with Gasteiger partial charge in [0.25, 0.3) is 0 Å². The lowest BCUT2D eigenvalue weighted by Crippen LogP contribution is -2.29. The maximum Gasteiger partial charge on any atom is 0.174 e. The molecule has 1 aliphatic carbocycles. The first-order valence-electron chi connectivity index (χ1n) is 10.7. The van der Waals surface area contributed by atoms with Gasteiger partial charge >= 0.3 is 0 Å². The van der Waals surface area contributed by atoms with Crippen molar-refractivity contribution >= 4 is 23.0 Å². The zero-order chi connectivity index (χ0) is 20.5. The SMILES string of the molecule is Oc1ccc(N2C(=S)N[C@@H](c3ccccn3)[C@@H]2c2ccn(C3CCCCC3)c2)cc1. The van der Waals surface area contributed by atoms with Crippen molar-refractivity contribution in [2.75, 3.05) is 4.90 Å². The summed E-state index contributed by atoms with van der Waals surface area (Å²) in [5, 5.41) is 13.9. The normalized spacial score (nSPS) is 22.3. The van der Waals surface area contributed by atoms with Gasteiger partial charge in [0.05, 0.1) is 17.8 Å². The third-order valence-electron chi connectivity index (χ3n) is 6.30. The van der Waals surface area contributed by atoms with E-state index in [-0.39, 0.29) is 17.8 Å². The first-order valence-corrected chi connectivity index (χ1v) is 11.1. The second-order valence-corrected chi connectivity index (χ2v) is 8.58. The summed E-state index contributed by atoms with van der Waals surface area (Å²) in [5.41, 5.74) is 3.15. The predicted molar refractivity (Wildman–Crippen MR) is 123 cm³/mol. The Morgan fingerprint density at radius 3 is 2.53 bits per heavy atom. The van der Waals surface area contributed by atoms with E-state index in [0.717, 1.165) is 11.4 Å². The molecule has 0 radical (unpaired) electrons. The van der Waals surface area contributed by atoms with Crippen LogP contribution < -0.4 is 10.2 Å². The van der Waals surface area contributed by atoms with Crippen LogP contribution in [0.15, 0.2) is 67.1 Å². The van der Waals surface area contributed by atoms with Crippen LogP contribution in [0.25, 0.3) is 0 Å². The molecule has 1 aliphatic heterocycles. The fraction of sp³-hybridized carbons (Fsp3) is 0.333. The van der Waals surface area contributed by atoms with Crippen LogP contribution in [0.1, 0.15) is 61.5 Å².